The van der Waals surface area contributed by atoms with Crippen LogP contribution in [0.2, 0.25) is 0 Å². The summed E-state index contributed by atoms with van der Waals surface area (Å²) < 4.78 is 0. The number of rotatable bonds is 1. The standard InChI is InChI=1S/C13H19NS/c1-9-5-4-6-10(2)12(9)13-14-8-7-11(3)15-13/h4-6,11,13-14H,7-8H2,1-3H3. The van der Waals surface area contributed by atoms with Crippen LogP contribution in [-0.2, 0) is 0 Å². The smallest absolute Gasteiger partial charge is 0.0797 e. The highest BCUT2D eigenvalue weighted by Crippen LogP contribution is 2.37. The quantitative estimate of drug-likeness (QED) is 0.780. The molecule has 0 amide bonds. The van der Waals surface area contributed by atoms with Gasteiger partial charge in [-0.05, 0) is 43.5 Å². The lowest BCUT2D eigenvalue weighted by atomic mass is 10.0. The van der Waals surface area contributed by atoms with Crippen LogP contribution in [0.3, 0.4) is 0 Å². The number of thioether (sulfide) groups is 1. The van der Waals surface area contributed by atoms with Crippen molar-refractivity contribution in [2.24, 2.45) is 0 Å². The van der Waals surface area contributed by atoms with Crippen LogP contribution in [0.4, 0.5) is 0 Å². The predicted molar refractivity (Wildman–Crippen MR) is 68.3 cm³/mol. The zero-order chi connectivity index (χ0) is 10.8. The molecule has 0 aliphatic carbocycles. The first-order chi connectivity index (χ1) is 7.18. The highest BCUT2D eigenvalue weighted by Gasteiger charge is 2.22. The molecule has 1 N–H and O–H groups in total. The first kappa shape index (κ1) is 11.0. The lowest BCUT2D eigenvalue weighted by Gasteiger charge is -2.30. The summed E-state index contributed by atoms with van der Waals surface area (Å²) in [7, 11) is 0. The van der Waals surface area contributed by atoms with Crippen LogP contribution in [0, 0.1) is 13.8 Å². The van der Waals surface area contributed by atoms with Crippen LogP contribution in [0.1, 0.15) is 35.4 Å². The largest absolute Gasteiger partial charge is 0.302 e. The molecule has 0 radical (unpaired) electrons. The molecule has 1 heterocycles. The van der Waals surface area contributed by atoms with Gasteiger partial charge in [-0.15, -0.1) is 11.8 Å². The third-order valence-electron chi connectivity index (χ3n) is 3.05. The fraction of sp³-hybridized carbons (Fsp3) is 0.538. The van der Waals surface area contributed by atoms with Gasteiger partial charge < -0.3 is 5.32 Å². The average molecular weight is 221 g/mol. The van der Waals surface area contributed by atoms with Crippen LogP contribution in [0.15, 0.2) is 18.2 Å². The molecule has 0 saturated carbocycles. The Hall–Kier alpha value is -0.470. The number of nitrogens with one attached hydrogen (secondary N) is 1. The molecule has 1 saturated heterocycles. The van der Waals surface area contributed by atoms with Crippen molar-refractivity contribution < 1.29 is 0 Å². The molecule has 1 aromatic rings. The Labute approximate surface area is 96.7 Å². The van der Waals surface area contributed by atoms with E-state index in [-0.39, 0.29) is 0 Å². The van der Waals surface area contributed by atoms with Gasteiger partial charge >= 0.3 is 0 Å². The average Bonchev–Trinajstić information content (AvgIpc) is 2.17. The Morgan fingerprint density at radius 3 is 2.53 bits per heavy atom. The maximum absolute atomic E-state index is 3.61. The third-order valence-corrected chi connectivity index (χ3v) is 4.43. The molecule has 1 aromatic carbocycles. The second-order valence-corrected chi connectivity index (χ2v) is 5.92. The number of aryl methyl sites for hydroxylation is 2. The van der Waals surface area contributed by atoms with Gasteiger partial charge in [-0.1, -0.05) is 25.1 Å². The minimum atomic E-state index is 0.495. The van der Waals surface area contributed by atoms with Crippen molar-refractivity contribution in [1.29, 1.82) is 0 Å². The van der Waals surface area contributed by atoms with E-state index < -0.39 is 0 Å². The van der Waals surface area contributed by atoms with Crippen LogP contribution in [0.25, 0.3) is 0 Å². The molecule has 0 bridgehead atoms. The maximum atomic E-state index is 3.61. The summed E-state index contributed by atoms with van der Waals surface area (Å²) in [6.45, 7) is 7.90. The van der Waals surface area contributed by atoms with Crippen LogP contribution < -0.4 is 5.32 Å². The third kappa shape index (κ3) is 2.37. The van der Waals surface area contributed by atoms with Gasteiger partial charge in [-0.25, -0.2) is 0 Å². The Kier molecular flexibility index (Phi) is 3.37. The second-order valence-electron chi connectivity index (χ2n) is 4.38. The fourth-order valence-corrected chi connectivity index (χ4v) is 3.62. The van der Waals surface area contributed by atoms with Crippen molar-refractivity contribution in [2.45, 2.75) is 37.8 Å². The van der Waals surface area contributed by atoms with E-state index in [4.69, 9.17) is 0 Å². The van der Waals surface area contributed by atoms with Gasteiger partial charge in [0.05, 0.1) is 5.37 Å². The molecule has 15 heavy (non-hydrogen) atoms. The molecule has 1 aliphatic rings. The van der Waals surface area contributed by atoms with Gasteiger partial charge in [0, 0.05) is 5.25 Å². The predicted octanol–water partition coefficient (Wildman–Crippen LogP) is 3.42. The Bertz CT molecular complexity index is 328. The van der Waals surface area contributed by atoms with Crippen LogP contribution >= 0.6 is 11.8 Å². The minimum absolute atomic E-state index is 0.495. The van der Waals surface area contributed by atoms with Crippen molar-refractivity contribution in [3.05, 3.63) is 34.9 Å². The molecule has 2 atom stereocenters. The van der Waals surface area contributed by atoms with Gasteiger partial charge in [0.15, 0.2) is 0 Å². The summed E-state index contributed by atoms with van der Waals surface area (Å²) >= 11 is 2.06. The van der Waals surface area contributed by atoms with Crippen LogP contribution in [-0.4, -0.2) is 11.8 Å². The van der Waals surface area contributed by atoms with Crippen LogP contribution in [0.5, 0.6) is 0 Å². The molecule has 1 fully saturated rings. The summed E-state index contributed by atoms with van der Waals surface area (Å²) in [5.41, 5.74) is 4.32. The van der Waals surface area contributed by atoms with Gasteiger partial charge in [-0.2, -0.15) is 0 Å². The molecular formula is C13H19NS. The number of hydrogen-bond acceptors (Lipinski definition) is 2. The van der Waals surface area contributed by atoms with Crippen molar-refractivity contribution in [3.63, 3.8) is 0 Å². The fourth-order valence-electron chi connectivity index (χ4n) is 2.18. The normalized spacial score (nSPS) is 26.6. The zero-order valence-electron chi connectivity index (χ0n) is 9.71. The molecule has 0 aromatic heterocycles. The summed E-state index contributed by atoms with van der Waals surface area (Å²) in [5.74, 6) is 0. The molecule has 2 heteroatoms. The highest BCUT2D eigenvalue weighted by atomic mass is 32.2. The van der Waals surface area contributed by atoms with Crippen molar-refractivity contribution in [1.82, 2.24) is 5.32 Å². The van der Waals surface area contributed by atoms with E-state index in [2.05, 4.69) is 56.0 Å². The van der Waals surface area contributed by atoms with Gasteiger partial charge in [0.2, 0.25) is 0 Å². The van der Waals surface area contributed by atoms with Gasteiger partial charge in [0.1, 0.15) is 0 Å². The first-order valence-corrected chi connectivity index (χ1v) is 6.57. The summed E-state index contributed by atoms with van der Waals surface area (Å²) in [6.07, 6.45) is 1.28. The highest BCUT2D eigenvalue weighted by molar-refractivity contribution is 8.00. The Balaban J connectivity index is 2.28. The number of benzene rings is 1. The van der Waals surface area contributed by atoms with E-state index in [1.54, 1.807) is 0 Å². The summed E-state index contributed by atoms with van der Waals surface area (Å²) in [4.78, 5) is 0. The van der Waals surface area contributed by atoms with Gasteiger partial charge in [-0.3, -0.25) is 0 Å². The van der Waals surface area contributed by atoms with E-state index >= 15 is 0 Å². The SMILES string of the molecule is Cc1cccc(C)c1C1NCCC(C)S1. The maximum Gasteiger partial charge on any atom is 0.0797 e. The molecular weight excluding hydrogens is 202 g/mol. The van der Waals surface area contributed by atoms with E-state index in [0.29, 0.717) is 5.37 Å². The van der Waals surface area contributed by atoms with Crippen molar-refractivity contribution in [2.75, 3.05) is 6.54 Å². The van der Waals surface area contributed by atoms with Gasteiger partial charge in [0.25, 0.3) is 0 Å². The molecule has 1 aliphatic heterocycles. The zero-order valence-corrected chi connectivity index (χ0v) is 10.5. The molecule has 0 spiro atoms. The summed E-state index contributed by atoms with van der Waals surface area (Å²) in [6, 6.07) is 6.57. The Morgan fingerprint density at radius 2 is 1.93 bits per heavy atom. The van der Waals surface area contributed by atoms with Crippen molar-refractivity contribution in [3.8, 4) is 0 Å². The van der Waals surface area contributed by atoms with E-state index in [1.807, 2.05) is 0 Å². The molecule has 1 nitrogen and oxygen atoms in total. The Morgan fingerprint density at radius 1 is 1.27 bits per heavy atom. The van der Waals surface area contributed by atoms with E-state index in [9.17, 15) is 0 Å². The summed E-state index contributed by atoms with van der Waals surface area (Å²) in [5, 5.41) is 4.88. The van der Waals surface area contributed by atoms with E-state index in [0.717, 1.165) is 11.8 Å². The van der Waals surface area contributed by atoms with E-state index in [1.165, 1.54) is 23.1 Å². The lowest BCUT2D eigenvalue weighted by Crippen LogP contribution is -2.29. The number of hydrogen-bond donors (Lipinski definition) is 1. The second kappa shape index (κ2) is 4.58. The molecule has 2 rings (SSSR count). The first-order valence-electron chi connectivity index (χ1n) is 5.63. The van der Waals surface area contributed by atoms with Crippen molar-refractivity contribution >= 4 is 11.8 Å². The lowest BCUT2D eigenvalue weighted by molar-refractivity contribution is 0.602. The minimum Gasteiger partial charge on any atom is -0.302 e. The molecule has 2 unspecified atom stereocenters. The monoisotopic (exact) mass is 221 g/mol. The molecule has 82 valence electrons. The topological polar surface area (TPSA) is 12.0 Å².